The van der Waals surface area contributed by atoms with E-state index >= 15 is 0 Å². The molecule has 1 aromatic carbocycles. The first-order valence-corrected chi connectivity index (χ1v) is 10.4. The molecule has 4 amide bonds. The van der Waals surface area contributed by atoms with Gasteiger partial charge < -0.3 is 15.0 Å². The minimum absolute atomic E-state index is 0.0124. The molecule has 1 aromatic rings. The van der Waals surface area contributed by atoms with Gasteiger partial charge in [0.15, 0.2) is 6.61 Å². The molecule has 1 spiro atoms. The number of rotatable bonds is 6. The maximum atomic E-state index is 12.9. The Labute approximate surface area is 176 Å². The molecule has 2 aliphatic rings. The van der Waals surface area contributed by atoms with Crippen molar-refractivity contribution >= 4 is 23.8 Å². The van der Waals surface area contributed by atoms with Gasteiger partial charge in [0.25, 0.3) is 11.8 Å². The largest absolute Gasteiger partial charge is 0.454 e. The van der Waals surface area contributed by atoms with E-state index in [1.54, 1.807) is 7.05 Å². The van der Waals surface area contributed by atoms with Gasteiger partial charge in [-0.2, -0.15) is 0 Å². The Morgan fingerprint density at radius 2 is 1.97 bits per heavy atom. The number of urea groups is 1. The van der Waals surface area contributed by atoms with Crippen molar-refractivity contribution in [3.8, 4) is 0 Å². The molecular weight excluding hydrogens is 386 g/mol. The number of esters is 1. The third kappa shape index (κ3) is 4.17. The van der Waals surface area contributed by atoms with E-state index in [9.17, 15) is 19.2 Å². The van der Waals surface area contributed by atoms with Crippen molar-refractivity contribution in [2.45, 2.75) is 51.1 Å². The number of carbonyl (C=O) groups is 4. The minimum atomic E-state index is -0.920. The zero-order valence-corrected chi connectivity index (χ0v) is 17.7. The van der Waals surface area contributed by atoms with Crippen LogP contribution in [0.1, 0.15) is 51.1 Å². The minimum Gasteiger partial charge on any atom is -0.454 e. The van der Waals surface area contributed by atoms with Crippen LogP contribution in [0, 0.1) is 5.92 Å². The van der Waals surface area contributed by atoms with Gasteiger partial charge in [-0.1, -0.05) is 50.1 Å². The van der Waals surface area contributed by atoms with E-state index in [2.05, 4.69) is 5.32 Å². The highest BCUT2D eigenvalue weighted by Crippen LogP contribution is 2.38. The molecule has 1 saturated carbocycles. The van der Waals surface area contributed by atoms with Gasteiger partial charge in [-0.15, -0.1) is 0 Å². The van der Waals surface area contributed by atoms with Crippen molar-refractivity contribution < 1.29 is 23.9 Å². The van der Waals surface area contributed by atoms with Crippen molar-refractivity contribution in [2.75, 3.05) is 20.2 Å². The second-order valence-electron chi connectivity index (χ2n) is 8.19. The number of hydrogen-bond donors (Lipinski definition) is 1. The number of carbonyl (C=O) groups excluding carboxylic acids is 4. The molecule has 2 fully saturated rings. The zero-order chi connectivity index (χ0) is 21.9. The zero-order valence-electron chi connectivity index (χ0n) is 17.7. The fraction of sp³-hybridized carbons (Fsp3) is 0.545. The van der Waals surface area contributed by atoms with Gasteiger partial charge in [0.05, 0.1) is 6.04 Å². The van der Waals surface area contributed by atoms with Crippen molar-refractivity contribution in [2.24, 2.45) is 5.92 Å². The van der Waals surface area contributed by atoms with Gasteiger partial charge in [-0.3, -0.25) is 19.3 Å². The van der Waals surface area contributed by atoms with Crippen molar-refractivity contribution in [1.82, 2.24) is 15.1 Å². The molecule has 0 radical (unpaired) electrons. The first-order chi connectivity index (χ1) is 14.3. The molecule has 30 heavy (non-hydrogen) atoms. The lowest BCUT2D eigenvalue weighted by molar-refractivity contribution is -0.154. The van der Waals surface area contributed by atoms with Crippen molar-refractivity contribution in [3.63, 3.8) is 0 Å². The summed E-state index contributed by atoms with van der Waals surface area (Å²) in [5.74, 6) is -1.52. The number of likely N-dealkylation sites (N-methyl/N-ethyl adjacent to an activating group) is 1. The Balaban J connectivity index is 1.53. The number of hydrogen-bond acceptors (Lipinski definition) is 5. The maximum absolute atomic E-state index is 12.9. The molecule has 1 aliphatic heterocycles. The van der Waals surface area contributed by atoms with Crippen LogP contribution in [0.5, 0.6) is 0 Å². The van der Waals surface area contributed by atoms with Crippen LogP contribution in [0.3, 0.4) is 0 Å². The molecule has 1 saturated heterocycles. The fourth-order valence-electron chi connectivity index (χ4n) is 4.23. The van der Waals surface area contributed by atoms with Crippen LogP contribution in [0.2, 0.25) is 0 Å². The van der Waals surface area contributed by atoms with Crippen LogP contribution in [0.15, 0.2) is 30.3 Å². The molecule has 0 bridgehead atoms. The predicted molar refractivity (Wildman–Crippen MR) is 109 cm³/mol. The van der Waals surface area contributed by atoms with Crippen LogP contribution in [0.4, 0.5) is 4.79 Å². The standard InChI is InChI=1S/C22H29N3O5/c1-15-9-7-8-12-22(15)20(28)25(21(29)23-22)13-19(27)30-14-18(26)24(3)16(2)17-10-5-4-6-11-17/h4-6,10-11,15-16H,7-9,12-14H2,1-3H3,(H,23,29)/t15-,16+,22+/m1/s1. The SMILES string of the molecule is C[C@@H]1CCCC[C@]12NC(=O)N(CC(=O)OCC(=O)N(C)[C@@H](C)c1ccccc1)C2=O. The molecule has 0 unspecified atom stereocenters. The van der Waals surface area contributed by atoms with Gasteiger partial charge in [0, 0.05) is 7.05 Å². The van der Waals surface area contributed by atoms with E-state index in [0.717, 1.165) is 29.7 Å². The van der Waals surface area contributed by atoms with E-state index in [-0.39, 0.29) is 23.8 Å². The average Bonchev–Trinajstić information content (AvgIpc) is 2.98. The van der Waals surface area contributed by atoms with E-state index < -0.39 is 30.7 Å². The van der Waals surface area contributed by atoms with E-state index in [4.69, 9.17) is 4.74 Å². The van der Waals surface area contributed by atoms with Gasteiger partial charge >= 0.3 is 12.0 Å². The topological polar surface area (TPSA) is 96.0 Å². The number of nitrogens with one attached hydrogen (secondary N) is 1. The fourth-order valence-corrected chi connectivity index (χ4v) is 4.23. The first-order valence-electron chi connectivity index (χ1n) is 10.4. The van der Waals surface area contributed by atoms with E-state index in [1.807, 2.05) is 44.2 Å². The molecule has 1 heterocycles. The van der Waals surface area contributed by atoms with Crippen LogP contribution in [0.25, 0.3) is 0 Å². The Hall–Kier alpha value is -2.90. The Kier molecular flexibility index (Phi) is 6.43. The highest BCUT2D eigenvalue weighted by molar-refractivity contribution is 6.09. The summed E-state index contributed by atoms with van der Waals surface area (Å²) in [5, 5.41) is 2.79. The number of ether oxygens (including phenoxy) is 1. The van der Waals surface area contributed by atoms with Crippen molar-refractivity contribution in [1.29, 1.82) is 0 Å². The molecular formula is C22H29N3O5. The van der Waals surface area contributed by atoms with Crippen LogP contribution in [-0.2, 0) is 19.1 Å². The lowest BCUT2D eigenvalue weighted by Gasteiger charge is -2.36. The average molecular weight is 415 g/mol. The van der Waals surface area contributed by atoms with Gasteiger partial charge in [-0.05, 0) is 31.2 Å². The monoisotopic (exact) mass is 415 g/mol. The summed E-state index contributed by atoms with van der Waals surface area (Å²) in [4.78, 5) is 52.3. The molecule has 8 heteroatoms. The molecule has 162 valence electrons. The molecule has 0 aromatic heterocycles. The third-order valence-electron chi connectivity index (χ3n) is 6.40. The summed E-state index contributed by atoms with van der Waals surface area (Å²) < 4.78 is 5.07. The third-order valence-corrected chi connectivity index (χ3v) is 6.40. The highest BCUT2D eigenvalue weighted by atomic mass is 16.5. The summed E-state index contributed by atoms with van der Waals surface area (Å²) in [6.07, 6.45) is 3.30. The second kappa shape index (κ2) is 8.85. The Bertz CT molecular complexity index is 827. The first kappa shape index (κ1) is 21.8. The normalized spacial score (nSPS) is 24.5. The molecule has 3 rings (SSSR count). The summed E-state index contributed by atoms with van der Waals surface area (Å²) in [6.45, 7) is 2.89. The highest BCUT2D eigenvalue weighted by Gasteiger charge is 2.55. The Morgan fingerprint density at radius 3 is 2.63 bits per heavy atom. The van der Waals surface area contributed by atoms with Gasteiger partial charge in [0.2, 0.25) is 0 Å². The maximum Gasteiger partial charge on any atom is 0.326 e. The number of imide groups is 1. The number of benzene rings is 1. The summed E-state index contributed by atoms with van der Waals surface area (Å²) >= 11 is 0. The molecule has 3 atom stereocenters. The predicted octanol–water partition coefficient (Wildman–Crippen LogP) is 2.25. The molecule has 1 aliphatic carbocycles. The number of nitrogens with zero attached hydrogens (tertiary/aromatic N) is 2. The van der Waals surface area contributed by atoms with Crippen LogP contribution >= 0.6 is 0 Å². The van der Waals surface area contributed by atoms with Gasteiger partial charge in [-0.25, -0.2) is 4.79 Å². The second-order valence-corrected chi connectivity index (χ2v) is 8.19. The summed E-state index contributed by atoms with van der Waals surface area (Å²) in [6, 6.07) is 8.75. The smallest absolute Gasteiger partial charge is 0.326 e. The lowest BCUT2D eigenvalue weighted by atomic mass is 9.73. The van der Waals surface area contributed by atoms with Gasteiger partial charge in [0.1, 0.15) is 12.1 Å². The van der Waals surface area contributed by atoms with Crippen molar-refractivity contribution in [3.05, 3.63) is 35.9 Å². The molecule has 1 N–H and O–H groups in total. The Morgan fingerprint density at radius 1 is 1.27 bits per heavy atom. The van der Waals surface area contributed by atoms with E-state index in [0.29, 0.717) is 6.42 Å². The van der Waals surface area contributed by atoms with E-state index in [1.165, 1.54) is 4.90 Å². The quantitative estimate of drug-likeness (QED) is 0.568. The summed E-state index contributed by atoms with van der Waals surface area (Å²) in [7, 11) is 1.64. The lowest BCUT2D eigenvalue weighted by Crippen LogP contribution is -2.54. The molecule has 8 nitrogen and oxygen atoms in total. The number of amides is 4. The summed E-state index contributed by atoms with van der Waals surface area (Å²) in [5.41, 5.74) is 0.0439. The van der Waals surface area contributed by atoms with Crippen LogP contribution < -0.4 is 5.32 Å². The van der Waals surface area contributed by atoms with Crippen LogP contribution in [-0.4, -0.2) is 59.4 Å².